The van der Waals surface area contributed by atoms with Gasteiger partial charge in [-0.1, -0.05) is 13.8 Å². The molecule has 6 nitrogen and oxygen atoms in total. The van der Waals surface area contributed by atoms with E-state index in [1.807, 2.05) is 20.8 Å². The second kappa shape index (κ2) is 8.76. The van der Waals surface area contributed by atoms with Crippen molar-refractivity contribution in [1.82, 2.24) is 9.80 Å². The van der Waals surface area contributed by atoms with Gasteiger partial charge >= 0.3 is 5.97 Å². The smallest absolute Gasteiger partial charge is 0.323 e. The molecule has 2 amide bonds. The largest absolute Gasteiger partial charge is 0.480 e. The van der Waals surface area contributed by atoms with Gasteiger partial charge in [-0.25, -0.2) is 0 Å². The van der Waals surface area contributed by atoms with Crippen LogP contribution in [0.2, 0.25) is 0 Å². The summed E-state index contributed by atoms with van der Waals surface area (Å²) < 4.78 is 0. The number of aliphatic carboxylic acids is 1. The zero-order chi connectivity index (χ0) is 16.7. The lowest BCUT2D eigenvalue weighted by molar-refractivity contribution is -0.150. The zero-order valence-electron chi connectivity index (χ0n) is 13.9. The molecule has 1 rings (SSSR count). The summed E-state index contributed by atoms with van der Waals surface area (Å²) in [4.78, 5) is 38.9. The van der Waals surface area contributed by atoms with Gasteiger partial charge in [-0.05, 0) is 32.6 Å². The Hall–Kier alpha value is -1.59. The molecule has 0 aromatic rings. The van der Waals surface area contributed by atoms with Gasteiger partial charge in [0.05, 0.1) is 5.92 Å². The van der Waals surface area contributed by atoms with Crippen molar-refractivity contribution in [2.75, 3.05) is 19.6 Å². The third-order valence-corrected chi connectivity index (χ3v) is 4.30. The molecular formula is C16H28N2O4. The molecule has 2 unspecified atom stereocenters. The van der Waals surface area contributed by atoms with E-state index < -0.39 is 5.97 Å². The minimum Gasteiger partial charge on any atom is -0.480 e. The molecule has 1 fully saturated rings. The summed E-state index contributed by atoms with van der Waals surface area (Å²) in [6.07, 6.45) is 3.54. The van der Waals surface area contributed by atoms with Crippen LogP contribution in [0.5, 0.6) is 0 Å². The number of carbonyl (C=O) groups excluding carboxylic acids is 2. The lowest BCUT2D eigenvalue weighted by Crippen LogP contribution is -2.50. The van der Waals surface area contributed by atoms with Gasteiger partial charge < -0.3 is 14.9 Å². The number of rotatable bonds is 7. The Labute approximate surface area is 132 Å². The van der Waals surface area contributed by atoms with Crippen molar-refractivity contribution in [3.63, 3.8) is 0 Å². The highest BCUT2D eigenvalue weighted by molar-refractivity contribution is 5.84. The summed E-state index contributed by atoms with van der Waals surface area (Å²) in [5.41, 5.74) is 0. The highest BCUT2D eigenvalue weighted by Crippen LogP contribution is 2.21. The van der Waals surface area contributed by atoms with Crippen molar-refractivity contribution >= 4 is 17.8 Å². The van der Waals surface area contributed by atoms with Crippen molar-refractivity contribution in [1.29, 1.82) is 0 Å². The Morgan fingerprint density at radius 2 is 2.00 bits per heavy atom. The highest BCUT2D eigenvalue weighted by Gasteiger charge is 2.33. The van der Waals surface area contributed by atoms with E-state index in [1.54, 1.807) is 4.90 Å². The Morgan fingerprint density at radius 3 is 2.55 bits per heavy atom. The molecule has 6 heteroatoms. The first kappa shape index (κ1) is 18.5. The summed E-state index contributed by atoms with van der Waals surface area (Å²) in [5.74, 6) is -1.31. The van der Waals surface area contributed by atoms with Crippen LogP contribution in [0.4, 0.5) is 0 Å². The van der Waals surface area contributed by atoms with Crippen molar-refractivity contribution in [2.24, 2.45) is 5.92 Å². The Bertz CT molecular complexity index is 411. The lowest BCUT2D eigenvalue weighted by atomic mass is 9.95. The van der Waals surface area contributed by atoms with Crippen LogP contribution in [0.25, 0.3) is 0 Å². The molecule has 126 valence electrons. The molecule has 1 saturated heterocycles. The number of nitrogens with zero attached hydrogens (tertiary/aromatic N) is 2. The second-order valence-corrected chi connectivity index (χ2v) is 6.05. The van der Waals surface area contributed by atoms with Crippen LogP contribution < -0.4 is 0 Å². The van der Waals surface area contributed by atoms with Gasteiger partial charge in [-0.2, -0.15) is 0 Å². The van der Waals surface area contributed by atoms with Crippen LogP contribution in [0.1, 0.15) is 52.9 Å². The van der Waals surface area contributed by atoms with E-state index in [2.05, 4.69) is 0 Å². The van der Waals surface area contributed by atoms with Crippen molar-refractivity contribution in [2.45, 2.75) is 58.9 Å². The van der Waals surface area contributed by atoms with Crippen LogP contribution in [-0.4, -0.2) is 58.4 Å². The predicted molar refractivity (Wildman–Crippen MR) is 83.3 cm³/mol. The fourth-order valence-electron chi connectivity index (χ4n) is 2.83. The molecule has 0 aromatic heterocycles. The van der Waals surface area contributed by atoms with E-state index in [0.29, 0.717) is 25.9 Å². The van der Waals surface area contributed by atoms with Crippen LogP contribution in [0, 0.1) is 5.92 Å². The molecule has 1 aliphatic rings. The molecule has 0 aliphatic carbocycles. The first-order valence-electron chi connectivity index (χ1n) is 8.20. The summed E-state index contributed by atoms with van der Waals surface area (Å²) in [6.45, 7) is 6.61. The van der Waals surface area contributed by atoms with Gasteiger partial charge in [0.15, 0.2) is 0 Å². The normalized spacial score (nSPS) is 19.6. The van der Waals surface area contributed by atoms with Crippen molar-refractivity contribution < 1.29 is 19.5 Å². The van der Waals surface area contributed by atoms with Crippen LogP contribution in [0.3, 0.4) is 0 Å². The third-order valence-electron chi connectivity index (χ3n) is 4.30. The number of hydrogen-bond donors (Lipinski definition) is 1. The molecule has 2 atom stereocenters. The number of piperidine rings is 1. The van der Waals surface area contributed by atoms with E-state index in [4.69, 9.17) is 5.11 Å². The second-order valence-electron chi connectivity index (χ2n) is 6.05. The Balaban J connectivity index is 2.75. The minimum absolute atomic E-state index is 0.0910. The maximum Gasteiger partial charge on any atom is 0.323 e. The molecule has 0 aromatic carbocycles. The summed E-state index contributed by atoms with van der Waals surface area (Å²) in [7, 11) is 0. The van der Waals surface area contributed by atoms with E-state index in [0.717, 1.165) is 19.3 Å². The fourth-order valence-corrected chi connectivity index (χ4v) is 2.83. The zero-order valence-corrected chi connectivity index (χ0v) is 13.9. The lowest BCUT2D eigenvalue weighted by Gasteiger charge is -2.36. The number of amides is 2. The van der Waals surface area contributed by atoms with Crippen LogP contribution in [0.15, 0.2) is 0 Å². The molecule has 1 aliphatic heterocycles. The number of likely N-dealkylation sites (tertiary alicyclic amines) is 1. The average Bonchev–Trinajstić information content (AvgIpc) is 2.51. The quantitative estimate of drug-likeness (QED) is 0.776. The molecule has 0 spiro atoms. The van der Waals surface area contributed by atoms with Gasteiger partial charge in [0, 0.05) is 25.6 Å². The van der Waals surface area contributed by atoms with Gasteiger partial charge in [0.1, 0.15) is 6.54 Å². The highest BCUT2D eigenvalue weighted by atomic mass is 16.4. The first-order valence-corrected chi connectivity index (χ1v) is 8.20. The average molecular weight is 312 g/mol. The van der Waals surface area contributed by atoms with Crippen molar-refractivity contribution in [3.05, 3.63) is 0 Å². The van der Waals surface area contributed by atoms with E-state index in [9.17, 15) is 14.4 Å². The maximum absolute atomic E-state index is 12.7. The summed E-state index contributed by atoms with van der Waals surface area (Å²) >= 11 is 0. The Morgan fingerprint density at radius 1 is 1.32 bits per heavy atom. The molecule has 22 heavy (non-hydrogen) atoms. The van der Waals surface area contributed by atoms with Crippen molar-refractivity contribution in [3.8, 4) is 0 Å². The minimum atomic E-state index is -0.997. The van der Waals surface area contributed by atoms with Gasteiger partial charge in [0.25, 0.3) is 0 Å². The standard InChI is InChI=1S/C16H28N2O4/c1-4-7-14(19)17-9-6-8-13(10-17)16(22)18(11-15(20)21)12(3)5-2/h12-13H,4-11H2,1-3H3,(H,20,21). The topological polar surface area (TPSA) is 77.9 Å². The van der Waals surface area contributed by atoms with E-state index in [-0.39, 0.29) is 30.3 Å². The maximum atomic E-state index is 12.7. The van der Waals surface area contributed by atoms with Gasteiger partial charge in [0.2, 0.25) is 11.8 Å². The molecule has 0 radical (unpaired) electrons. The molecule has 1 heterocycles. The SMILES string of the molecule is CCCC(=O)N1CCCC(C(=O)N(CC(=O)O)C(C)CC)C1. The summed E-state index contributed by atoms with van der Waals surface area (Å²) in [6, 6.07) is -0.106. The van der Waals surface area contributed by atoms with Gasteiger partial charge in [-0.3, -0.25) is 14.4 Å². The molecule has 0 saturated carbocycles. The van der Waals surface area contributed by atoms with Gasteiger partial charge in [-0.15, -0.1) is 0 Å². The number of carbonyl (C=O) groups is 3. The van der Waals surface area contributed by atoms with E-state index >= 15 is 0 Å². The van der Waals surface area contributed by atoms with Crippen LogP contribution in [-0.2, 0) is 14.4 Å². The number of carboxylic acids is 1. The number of carboxylic acid groups (broad SMARTS) is 1. The Kier molecular flexibility index (Phi) is 7.35. The monoisotopic (exact) mass is 312 g/mol. The molecule has 1 N–H and O–H groups in total. The third kappa shape index (κ3) is 5.00. The van der Waals surface area contributed by atoms with Crippen LogP contribution >= 0.6 is 0 Å². The summed E-state index contributed by atoms with van der Waals surface area (Å²) in [5, 5.41) is 9.03. The number of hydrogen-bond acceptors (Lipinski definition) is 3. The van der Waals surface area contributed by atoms with E-state index in [1.165, 1.54) is 4.90 Å². The molecular weight excluding hydrogens is 284 g/mol. The molecule has 0 bridgehead atoms. The predicted octanol–water partition coefficient (Wildman–Crippen LogP) is 1.74. The first-order chi connectivity index (χ1) is 10.4. The fraction of sp³-hybridized carbons (Fsp3) is 0.812.